The summed E-state index contributed by atoms with van der Waals surface area (Å²) in [4.78, 5) is 5.82. The topological polar surface area (TPSA) is 54.4 Å². The quantitative estimate of drug-likeness (QED) is 0.760. The largest absolute Gasteiger partial charge is 0.395 e. The molecule has 0 amide bonds. The maximum Gasteiger partial charge on any atom is 0.0954 e. The van der Waals surface area contributed by atoms with E-state index in [0.717, 1.165) is 23.5 Å². The van der Waals surface area contributed by atoms with Gasteiger partial charge in [-0.25, -0.2) is 4.98 Å². The number of nitrogens with zero attached hydrogens (tertiary/aromatic N) is 1. The molecule has 1 rings (SSSR count). The fourth-order valence-corrected chi connectivity index (χ4v) is 2.95. The van der Waals surface area contributed by atoms with Crippen LogP contribution in [-0.4, -0.2) is 36.5 Å². The number of hydrogen-bond donors (Lipinski definition) is 2. The van der Waals surface area contributed by atoms with E-state index in [4.69, 9.17) is 4.74 Å². The number of hydrogen-bond acceptors (Lipinski definition) is 5. The molecule has 0 radical (unpaired) electrons. The van der Waals surface area contributed by atoms with Crippen LogP contribution in [0.1, 0.15) is 41.9 Å². The van der Waals surface area contributed by atoms with Crippen molar-refractivity contribution in [3.05, 3.63) is 15.6 Å². The normalized spacial score (nSPS) is 14.7. The molecule has 1 aromatic heterocycles. The van der Waals surface area contributed by atoms with Crippen molar-refractivity contribution in [2.24, 2.45) is 0 Å². The van der Waals surface area contributed by atoms with Gasteiger partial charge in [-0.05, 0) is 20.3 Å². The van der Waals surface area contributed by atoms with E-state index < -0.39 is 0 Å². The fourth-order valence-electron chi connectivity index (χ4n) is 1.89. The van der Waals surface area contributed by atoms with Crippen LogP contribution >= 0.6 is 11.3 Å². The summed E-state index contributed by atoms with van der Waals surface area (Å²) >= 11 is 1.74. The predicted octanol–water partition coefficient (Wildman–Crippen LogP) is 2.06. The molecule has 0 aromatic carbocycles. The number of ether oxygens (including phenoxy) is 1. The average molecular weight is 272 g/mol. The van der Waals surface area contributed by atoms with E-state index in [9.17, 15) is 5.11 Å². The van der Waals surface area contributed by atoms with Crippen LogP contribution in [0.5, 0.6) is 0 Å². The minimum atomic E-state index is 0.156. The molecule has 5 heteroatoms. The van der Waals surface area contributed by atoms with Crippen LogP contribution in [-0.2, 0) is 11.2 Å². The van der Waals surface area contributed by atoms with E-state index in [1.54, 1.807) is 18.4 Å². The fraction of sp³-hybridized carbons (Fsp3) is 0.769. The third-order valence-corrected chi connectivity index (χ3v) is 4.39. The van der Waals surface area contributed by atoms with Gasteiger partial charge in [0.25, 0.3) is 0 Å². The first-order chi connectivity index (χ1) is 8.62. The Morgan fingerprint density at radius 2 is 2.22 bits per heavy atom. The van der Waals surface area contributed by atoms with Crippen molar-refractivity contribution in [1.29, 1.82) is 0 Å². The van der Waals surface area contributed by atoms with E-state index in [-0.39, 0.29) is 18.7 Å². The maximum atomic E-state index is 9.22. The molecule has 0 saturated heterocycles. The van der Waals surface area contributed by atoms with Crippen LogP contribution in [0.4, 0.5) is 0 Å². The van der Waals surface area contributed by atoms with Gasteiger partial charge in [-0.2, -0.15) is 0 Å². The number of thiazole rings is 1. The maximum absolute atomic E-state index is 9.22. The van der Waals surface area contributed by atoms with E-state index in [0.29, 0.717) is 6.61 Å². The molecule has 0 aliphatic heterocycles. The second kappa shape index (κ2) is 7.84. The van der Waals surface area contributed by atoms with Crippen molar-refractivity contribution in [2.45, 2.75) is 45.7 Å². The Bertz CT molecular complexity index is 351. The first kappa shape index (κ1) is 15.6. The Balaban J connectivity index is 2.66. The summed E-state index contributed by atoms with van der Waals surface area (Å²) in [7, 11) is 1.71. The molecule has 2 N–H and O–H groups in total. The summed E-state index contributed by atoms with van der Waals surface area (Å²) in [6.45, 7) is 7.13. The number of methoxy groups -OCH3 is 1. The molecule has 0 aliphatic rings. The summed E-state index contributed by atoms with van der Waals surface area (Å²) in [6.07, 6.45) is 1.79. The molecule has 0 saturated carbocycles. The van der Waals surface area contributed by atoms with Crippen molar-refractivity contribution in [1.82, 2.24) is 10.3 Å². The van der Waals surface area contributed by atoms with Gasteiger partial charge in [0.1, 0.15) is 0 Å². The highest BCUT2D eigenvalue weighted by Crippen LogP contribution is 2.25. The molecule has 1 aromatic rings. The molecular formula is C13H24N2O2S. The summed E-state index contributed by atoms with van der Waals surface area (Å²) in [5.41, 5.74) is 1.08. The lowest BCUT2D eigenvalue weighted by atomic mass is 10.1. The first-order valence-corrected chi connectivity index (χ1v) is 7.26. The molecule has 0 fully saturated rings. The van der Waals surface area contributed by atoms with Crippen LogP contribution in [0.3, 0.4) is 0 Å². The lowest BCUT2D eigenvalue weighted by molar-refractivity contribution is 0.202. The molecule has 2 atom stereocenters. The number of rotatable bonds is 8. The zero-order chi connectivity index (χ0) is 13.5. The van der Waals surface area contributed by atoms with Crippen LogP contribution in [0, 0.1) is 6.92 Å². The van der Waals surface area contributed by atoms with Gasteiger partial charge in [-0.15, -0.1) is 11.3 Å². The van der Waals surface area contributed by atoms with E-state index in [1.807, 2.05) is 6.92 Å². The van der Waals surface area contributed by atoms with Gasteiger partial charge in [0.2, 0.25) is 0 Å². The van der Waals surface area contributed by atoms with Gasteiger partial charge in [0, 0.05) is 30.5 Å². The molecule has 18 heavy (non-hydrogen) atoms. The molecule has 4 nitrogen and oxygen atoms in total. The van der Waals surface area contributed by atoms with Gasteiger partial charge < -0.3 is 15.2 Å². The Kier molecular flexibility index (Phi) is 6.78. The SMILES string of the molecule is CCC(CO)NC(C)c1sc(CCOC)nc1C. The predicted molar refractivity (Wildman–Crippen MR) is 75.1 cm³/mol. The minimum Gasteiger partial charge on any atom is -0.395 e. The monoisotopic (exact) mass is 272 g/mol. The van der Waals surface area contributed by atoms with Crippen LogP contribution < -0.4 is 5.32 Å². The molecule has 0 bridgehead atoms. The smallest absolute Gasteiger partial charge is 0.0954 e. The molecule has 104 valence electrons. The van der Waals surface area contributed by atoms with Crippen molar-refractivity contribution in [2.75, 3.05) is 20.3 Å². The van der Waals surface area contributed by atoms with Gasteiger partial charge >= 0.3 is 0 Å². The summed E-state index contributed by atoms with van der Waals surface area (Å²) in [5.74, 6) is 0. The van der Waals surface area contributed by atoms with E-state index in [1.165, 1.54) is 4.88 Å². The number of aliphatic hydroxyl groups excluding tert-OH is 1. The van der Waals surface area contributed by atoms with Crippen molar-refractivity contribution in [3.63, 3.8) is 0 Å². The summed E-state index contributed by atoms with van der Waals surface area (Å²) < 4.78 is 5.07. The average Bonchev–Trinajstić information content (AvgIpc) is 2.74. The molecule has 0 spiro atoms. The standard InChI is InChI=1S/C13H24N2O2S/c1-5-11(8-16)14-9(2)13-10(3)15-12(18-13)6-7-17-4/h9,11,14,16H,5-8H2,1-4H3. The Hall–Kier alpha value is -0.490. The second-order valence-electron chi connectivity index (χ2n) is 4.48. The van der Waals surface area contributed by atoms with Gasteiger partial charge in [-0.3, -0.25) is 0 Å². The zero-order valence-corrected chi connectivity index (χ0v) is 12.5. The van der Waals surface area contributed by atoms with Gasteiger partial charge in [-0.1, -0.05) is 6.92 Å². The highest BCUT2D eigenvalue weighted by Gasteiger charge is 2.16. The molecular weight excluding hydrogens is 248 g/mol. The molecule has 2 unspecified atom stereocenters. The number of nitrogens with one attached hydrogen (secondary N) is 1. The highest BCUT2D eigenvalue weighted by molar-refractivity contribution is 7.11. The Morgan fingerprint density at radius 1 is 1.50 bits per heavy atom. The van der Waals surface area contributed by atoms with E-state index in [2.05, 4.69) is 24.1 Å². The lowest BCUT2D eigenvalue weighted by Crippen LogP contribution is -2.33. The van der Waals surface area contributed by atoms with Gasteiger partial charge in [0.15, 0.2) is 0 Å². The number of aromatic nitrogens is 1. The highest BCUT2D eigenvalue weighted by atomic mass is 32.1. The summed E-state index contributed by atoms with van der Waals surface area (Å²) in [6, 6.07) is 0.389. The third-order valence-electron chi connectivity index (χ3n) is 2.99. The second-order valence-corrected chi connectivity index (χ2v) is 5.59. The van der Waals surface area contributed by atoms with Crippen LogP contribution in [0.2, 0.25) is 0 Å². The van der Waals surface area contributed by atoms with Crippen molar-refractivity contribution >= 4 is 11.3 Å². The molecule has 1 heterocycles. The van der Waals surface area contributed by atoms with Crippen LogP contribution in [0.25, 0.3) is 0 Å². The van der Waals surface area contributed by atoms with Crippen molar-refractivity contribution < 1.29 is 9.84 Å². The van der Waals surface area contributed by atoms with E-state index >= 15 is 0 Å². The van der Waals surface area contributed by atoms with Gasteiger partial charge in [0.05, 0.1) is 23.9 Å². The number of aryl methyl sites for hydroxylation is 1. The first-order valence-electron chi connectivity index (χ1n) is 6.44. The minimum absolute atomic E-state index is 0.156. The Morgan fingerprint density at radius 3 is 2.78 bits per heavy atom. The lowest BCUT2D eigenvalue weighted by Gasteiger charge is -2.19. The summed E-state index contributed by atoms with van der Waals surface area (Å²) in [5, 5.41) is 13.8. The third kappa shape index (κ3) is 4.31. The van der Waals surface area contributed by atoms with Crippen molar-refractivity contribution in [3.8, 4) is 0 Å². The number of aliphatic hydroxyl groups is 1. The zero-order valence-electron chi connectivity index (χ0n) is 11.7. The Labute approximate surface area is 113 Å². The molecule has 0 aliphatic carbocycles. The van der Waals surface area contributed by atoms with Crippen LogP contribution in [0.15, 0.2) is 0 Å².